The van der Waals surface area contributed by atoms with Gasteiger partial charge in [0.05, 0.1) is 19.4 Å². The average molecular weight is 433 g/mol. The Hall–Kier alpha value is -3.36. The Morgan fingerprint density at radius 2 is 1.97 bits per heavy atom. The molecule has 2 aromatic heterocycles. The highest BCUT2D eigenvalue weighted by molar-refractivity contribution is 5.95. The zero-order chi connectivity index (χ0) is 22.2. The first-order valence-electron chi connectivity index (χ1n) is 10.9. The van der Waals surface area contributed by atoms with E-state index in [1.807, 2.05) is 24.3 Å². The van der Waals surface area contributed by atoms with Gasteiger partial charge in [-0.1, -0.05) is 35.9 Å². The molecule has 166 valence electrons. The number of Topliss-reactive ketones (excluding diaryl/α,β-unsaturated/α-hetero) is 1. The molecule has 8 nitrogen and oxygen atoms in total. The maximum absolute atomic E-state index is 12.9. The number of aromatic amines is 1. The highest BCUT2D eigenvalue weighted by Gasteiger charge is 2.14. The third-order valence-electron chi connectivity index (χ3n) is 5.28. The minimum Gasteiger partial charge on any atom is -0.379 e. The van der Waals surface area contributed by atoms with Crippen molar-refractivity contribution in [3.8, 4) is 0 Å². The zero-order valence-electron chi connectivity index (χ0n) is 18.3. The van der Waals surface area contributed by atoms with Gasteiger partial charge in [-0.3, -0.25) is 14.8 Å². The standard InChI is InChI=1S/C24H28N6O2/c1-18-4-6-19(7-5-18)8-9-22-26-20(17-24(27-22)28-23-10-11-25-29-23)21(31)3-2-12-30-13-15-32-16-14-30/h4-11,17H,2-3,12-16H2,1H3,(H2,25,26,27,28,29)/b9-8+. The molecule has 1 fully saturated rings. The molecule has 0 radical (unpaired) electrons. The molecule has 0 saturated carbocycles. The molecule has 0 aliphatic carbocycles. The highest BCUT2D eigenvalue weighted by atomic mass is 16.5. The molecule has 0 unspecified atom stereocenters. The van der Waals surface area contributed by atoms with E-state index in [2.05, 4.69) is 49.4 Å². The molecule has 0 spiro atoms. The van der Waals surface area contributed by atoms with Crippen LogP contribution in [0.1, 0.15) is 40.3 Å². The van der Waals surface area contributed by atoms with Gasteiger partial charge in [-0.15, -0.1) is 0 Å². The number of carbonyl (C=O) groups is 1. The summed E-state index contributed by atoms with van der Waals surface area (Å²) < 4.78 is 5.38. The van der Waals surface area contributed by atoms with E-state index in [4.69, 9.17) is 4.74 Å². The van der Waals surface area contributed by atoms with E-state index in [1.54, 1.807) is 18.3 Å². The second-order valence-corrected chi connectivity index (χ2v) is 7.82. The van der Waals surface area contributed by atoms with Crippen LogP contribution >= 0.6 is 0 Å². The number of anilines is 2. The van der Waals surface area contributed by atoms with Crippen LogP contribution in [0.2, 0.25) is 0 Å². The van der Waals surface area contributed by atoms with Crippen LogP contribution in [0, 0.1) is 6.92 Å². The normalized spacial score (nSPS) is 14.7. The van der Waals surface area contributed by atoms with Crippen molar-refractivity contribution in [2.24, 2.45) is 0 Å². The molecule has 1 aliphatic rings. The monoisotopic (exact) mass is 432 g/mol. The molecule has 32 heavy (non-hydrogen) atoms. The summed E-state index contributed by atoms with van der Waals surface area (Å²) in [5.74, 6) is 1.73. The van der Waals surface area contributed by atoms with Gasteiger partial charge in [-0.25, -0.2) is 9.97 Å². The molecule has 3 heterocycles. The number of H-pyrrole nitrogens is 1. The van der Waals surface area contributed by atoms with Crippen LogP contribution in [-0.4, -0.2) is 63.7 Å². The van der Waals surface area contributed by atoms with Crippen LogP contribution < -0.4 is 5.32 Å². The average Bonchev–Trinajstić information content (AvgIpc) is 3.32. The Bertz CT molecular complexity index is 1040. The van der Waals surface area contributed by atoms with E-state index < -0.39 is 0 Å². The lowest BCUT2D eigenvalue weighted by molar-refractivity contribution is 0.0371. The number of carbonyl (C=O) groups excluding carboxylic acids is 1. The van der Waals surface area contributed by atoms with Crippen molar-refractivity contribution in [2.45, 2.75) is 19.8 Å². The van der Waals surface area contributed by atoms with Crippen molar-refractivity contribution >= 4 is 29.6 Å². The SMILES string of the molecule is Cc1ccc(/C=C/c2nc(Nc3ccn[nH]3)cc(C(=O)CCCN3CCOCC3)n2)cc1. The van der Waals surface area contributed by atoms with Crippen LogP contribution in [0.25, 0.3) is 12.2 Å². The molecule has 0 atom stereocenters. The van der Waals surface area contributed by atoms with Gasteiger partial charge in [0.25, 0.3) is 0 Å². The third-order valence-corrected chi connectivity index (χ3v) is 5.28. The van der Waals surface area contributed by atoms with Gasteiger partial charge in [0.1, 0.15) is 17.3 Å². The molecule has 0 bridgehead atoms. The maximum atomic E-state index is 12.9. The number of benzene rings is 1. The quantitative estimate of drug-likeness (QED) is 0.498. The topological polar surface area (TPSA) is 96.0 Å². The number of nitrogens with one attached hydrogen (secondary N) is 2. The fourth-order valence-corrected chi connectivity index (χ4v) is 3.48. The summed E-state index contributed by atoms with van der Waals surface area (Å²) >= 11 is 0. The van der Waals surface area contributed by atoms with E-state index >= 15 is 0 Å². The summed E-state index contributed by atoms with van der Waals surface area (Å²) in [6, 6.07) is 11.7. The van der Waals surface area contributed by atoms with Crippen molar-refractivity contribution < 1.29 is 9.53 Å². The van der Waals surface area contributed by atoms with Crippen molar-refractivity contribution in [1.29, 1.82) is 0 Å². The summed E-state index contributed by atoms with van der Waals surface area (Å²) in [5, 5.41) is 9.94. The Kier molecular flexibility index (Phi) is 7.37. The largest absolute Gasteiger partial charge is 0.379 e. The lowest BCUT2D eigenvalue weighted by atomic mass is 10.1. The van der Waals surface area contributed by atoms with E-state index in [-0.39, 0.29) is 5.78 Å². The van der Waals surface area contributed by atoms with Gasteiger partial charge < -0.3 is 10.1 Å². The molecule has 2 N–H and O–H groups in total. The summed E-state index contributed by atoms with van der Waals surface area (Å²) in [6.07, 6.45) is 6.66. The van der Waals surface area contributed by atoms with E-state index in [1.165, 1.54) is 5.56 Å². The first-order chi connectivity index (χ1) is 15.7. The second kappa shape index (κ2) is 10.8. The Labute approximate surface area is 187 Å². The van der Waals surface area contributed by atoms with Gasteiger partial charge in [0, 0.05) is 31.6 Å². The first-order valence-corrected chi connectivity index (χ1v) is 10.9. The predicted molar refractivity (Wildman–Crippen MR) is 125 cm³/mol. The lowest BCUT2D eigenvalue weighted by Gasteiger charge is -2.26. The number of hydrogen-bond acceptors (Lipinski definition) is 7. The van der Waals surface area contributed by atoms with E-state index in [9.17, 15) is 4.79 Å². The van der Waals surface area contributed by atoms with Crippen molar-refractivity contribution in [2.75, 3.05) is 38.2 Å². The number of hydrogen-bond donors (Lipinski definition) is 2. The van der Waals surface area contributed by atoms with Crippen LogP contribution in [0.3, 0.4) is 0 Å². The third kappa shape index (κ3) is 6.32. The molecular weight excluding hydrogens is 404 g/mol. The van der Waals surface area contributed by atoms with Crippen LogP contribution in [-0.2, 0) is 4.74 Å². The van der Waals surface area contributed by atoms with Gasteiger partial charge in [0.15, 0.2) is 11.6 Å². The minimum absolute atomic E-state index is 0.0123. The minimum atomic E-state index is 0.0123. The fraction of sp³-hybridized carbons (Fsp3) is 0.333. The van der Waals surface area contributed by atoms with Gasteiger partial charge >= 0.3 is 0 Å². The summed E-state index contributed by atoms with van der Waals surface area (Å²) in [6.45, 7) is 6.32. The summed E-state index contributed by atoms with van der Waals surface area (Å²) in [5.41, 5.74) is 2.66. The van der Waals surface area contributed by atoms with Crippen molar-refractivity contribution in [3.63, 3.8) is 0 Å². The number of nitrogens with zero attached hydrogens (tertiary/aromatic N) is 4. The number of rotatable bonds is 9. The summed E-state index contributed by atoms with van der Waals surface area (Å²) in [4.78, 5) is 24.3. The lowest BCUT2D eigenvalue weighted by Crippen LogP contribution is -2.36. The number of morpholine rings is 1. The smallest absolute Gasteiger partial charge is 0.181 e. The molecule has 0 amide bonds. The number of aromatic nitrogens is 4. The van der Waals surface area contributed by atoms with Gasteiger partial charge in [-0.2, -0.15) is 5.10 Å². The van der Waals surface area contributed by atoms with Crippen molar-refractivity contribution in [1.82, 2.24) is 25.1 Å². The Balaban J connectivity index is 1.48. The van der Waals surface area contributed by atoms with E-state index in [0.29, 0.717) is 29.6 Å². The van der Waals surface area contributed by atoms with E-state index in [0.717, 1.165) is 44.8 Å². The number of aryl methyl sites for hydroxylation is 1. The summed E-state index contributed by atoms with van der Waals surface area (Å²) in [7, 11) is 0. The highest BCUT2D eigenvalue weighted by Crippen LogP contribution is 2.16. The van der Waals surface area contributed by atoms with Gasteiger partial charge in [0.2, 0.25) is 0 Å². The van der Waals surface area contributed by atoms with Crippen molar-refractivity contribution in [3.05, 3.63) is 65.2 Å². The first kappa shape index (κ1) is 21.9. The zero-order valence-corrected chi connectivity index (χ0v) is 18.3. The molecule has 8 heteroatoms. The predicted octanol–water partition coefficient (Wildman–Crippen LogP) is 3.72. The van der Waals surface area contributed by atoms with Crippen LogP contribution in [0.4, 0.5) is 11.6 Å². The van der Waals surface area contributed by atoms with Crippen LogP contribution in [0.15, 0.2) is 42.6 Å². The fourth-order valence-electron chi connectivity index (χ4n) is 3.48. The molecule has 4 rings (SSSR count). The van der Waals surface area contributed by atoms with Gasteiger partial charge in [-0.05, 0) is 31.5 Å². The molecule has 1 aromatic carbocycles. The Morgan fingerprint density at radius 3 is 2.72 bits per heavy atom. The molecular formula is C24H28N6O2. The number of ether oxygens (including phenoxy) is 1. The molecule has 1 aliphatic heterocycles. The molecule has 1 saturated heterocycles. The number of ketones is 1. The maximum Gasteiger partial charge on any atom is 0.181 e. The second-order valence-electron chi connectivity index (χ2n) is 7.82. The van der Waals surface area contributed by atoms with Crippen LogP contribution in [0.5, 0.6) is 0 Å². The Morgan fingerprint density at radius 1 is 1.16 bits per heavy atom. The molecule has 3 aromatic rings.